The maximum atomic E-state index is 5.66. The van der Waals surface area contributed by atoms with Crippen LogP contribution in [0.5, 0.6) is 0 Å². The summed E-state index contributed by atoms with van der Waals surface area (Å²) < 4.78 is 0. The third kappa shape index (κ3) is 3.01. The van der Waals surface area contributed by atoms with Crippen LogP contribution in [0.1, 0.15) is 16.8 Å². The first-order valence-electron chi connectivity index (χ1n) is 5.33. The zero-order chi connectivity index (χ0) is 12.3. The first-order chi connectivity index (χ1) is 8.19. The lowest BCUT2D eigenvalue weighted by Crippen LogP contribution is -2.01. The molecule has 2 N–H and O–H groups in total. The standard InChI is InChI=1S/C12H14N4S/c1-8-5-9(2)15-11(6-8)17-12-10(7-13)3-4-14-16-12/h3-6H,7,13H2,1-2H3. The van der Waals surface area contributed by atoms with Crippen molar-refractivity contribution in [2.45, 2.75) is 30.4 Å². The fourth-order valence-corrected chi connectivity index (χ4v) is 2.54. The molecule has 0 radical (unpaired) electrons. The van der Waals surface area contributed by atoms with Gasteiger partial charge in [-0.25, -0.2) is 4.98 Å². The van der Waals surface area contributed by atoms with E-state index in [-0.39, 0.29) is 0 Å². The summed E-state index contributed by atoms with van der Waals surface area (Å²) in [4.78, 5) is 4.46. The number of hydrogen-bond donors (Lipinski definition) is 1. The molecule has 2 aromatic rings. The van der Waals surface area contributed by atoms with E-state index in [9.17, 15) is 0 Å². The first kappa shape index (κ1) is 12.0. The van der Waals surface area contributed by atoms with E-state index >= 15 is 0 Å². The van der Waals surface area contributed by atoms with Crippen molar-refractivity contribution in [1.29, 1.82) is 0 Å². The molecule has 0 bridgehead atoms. The Morgan fingerprint density at radius 3 is 2.82 bits per heavy atom. The lowest BCUT2D eigenvalue weighted by Gasteiger charge is -2.05. The van der Waals surface area contributed by atoms with Gasteiger partial charge in [-0.1, -0.05) is 0 Å². The van der Waals surface area contributed by atoms with Gasteiger partial charge in [0.1, 0.15) is 10.1 Å². The van der Waals surface area contributed by atoms with Gasteiger partial charge in [-0.15, -0.1) is 5.10 Å². The molecule has 0 aromatic carbocycles. The molecule has 0 aliphatic rings. The second-order valence-corrected chi connectivity index (χ2v) is 4.80. The topological polar surface area (TPSA) is 64.7 Å². The molecule has 0 saturated heterocycles. The van der Waals surface area contributed by atoms with Crippen LogP contribution < -0.4 is 5.73 Å². The van der Waals surface area contributed by atoms with Crippen LogP contribution in [0.25, 0.3) is 0 Å². The summed E-state index contributed by atoms with van der Waals surface area (Å²) in [6.07, 6.45) is 1.65. The molecular formula is C12H14N4S. The summed E-state index contributed by atoms with van der Waals surface area (Å²) in [7, 11) is 0. The maximum Gasteiger partial charge on any atom is 0.129 e. The average Bonchev–Trinajstić information content (AvgIpc) is 2.28. The molecule has 2 heterocycles. The van der Waals surface area contributed by atoms with Crippen molar-refractivity contribution in [3.8, 4) is 0 Å². The molecule has 0 unspecified atom stereocenters. The highest BCUT2D eigenvalue weighted by Crippen LogP contribution is 2.27. The van der Waals surface area contributed by atoms with E-state index in [1.54, 1.807) is 6.20 Å². The minimum Gasteiger partial charge on any atom is -0.326 e. The number of pyridine rings is 1. The second-order valence-electron chi connectivity index (χ2n) is 3.79. The summed E-state index contributed by atoms with van der Waals surface area (Å²) >= 11 is 1.50. The highest BCUT2D eigenvalue weighted by molar-refractivity contribution is 7.99. The molecule has 88 valence electrons. The Balaban J connectivity index is 2.31. The van der Waals surface area contributed by atoms with Gasteiger partial charge in [-0.3, -0.25) is 0 Å². The number of aryl methyl sites for hydroxylation is 2. The molecule has 0 saturated carbocycles. The van der Waals surface area contributed by atoms with Gasteiger partial charge in [-0.05, 0) is 49.4 Å². The van der Waals surface area contributed by atoms with Crippen LogP contribution in [0.4, 0.5) is 0 Å². The molecule has 5 heteroatoms. The number of rotatable bonds is 3. The predicted molar refractivity (Wildman–Crippen MR) is 67.8 cm³/mol. The van der Waals surface area contributed by atoms with Crippen LogP contribution in [0.3, 0.4) is 0 Å². The van der Waals surface area contributed by atoms with Crippen molar-refractivity contribution >= 4 is 11.8 Å². The Morgan fingerprint density at radius 2 is 2.12 bits per heavy atom. The minimum absolute atomic E-state index is 0.461. The van der Waals surface area contributed by atoms with Crippen molar-refractivity contribution < 1.29 is 0 Å². The monoisotopic (exact) mass is 246 g/mol. The zero-order valence-corrected chi connectivity index (χ0v) is 10.7. The molecule has 17 heavy (non-hydrogen) atoms. The van der Waals surface area contributed by atoms with E-state index in [2.05, 4.69) is 22.1 Å². The normalized spacial score (nSPS) is 10.5. The maximum absolute atomic E-state index is 5.66. The van der Waals surface area contributed by atoms with Gasteiger partial charge in [-0.2, -0.15) is 5.10 Å². The number of aromatic nitrogens is 3. The third-order valence-electron chi connectivity index (χ3n) is 2.26. The molecule has 2 aromatic heterocycles. The van der Waals surface area contributed by atoms with Gasteiger partial charge in [0.2, 0.25) is 0 Å². The van der Waals surface area contributed by atoms with Crippen LogP contribution in [-0.2, 0) is 6.54 Å². The zero-order valence-electron chi connectivity index (χ0n) is 9.84. The lowest BCUT2D eigenvalue weighted by atomic mass is 10.3. The van der Waals surface area contributed by atoms with Crippen LogP contribution in [0.15, 0.2) is 34.4 Å². The summed E-state index contributed by atoms with van der Waals surface area (Å²) in [5.41, 5.74) is 8.85. The van der Waals surface area contributed by atoms with E-state index in [0.29, 0.717) is 6.54 Å². The number of nitrogens with zero attached hydrogens (tertiary/aromatic N) is 3. The van der Waals surface area contributed by atoms with Crippen LogP contribution >= 0.6 is 11.8 Å². The Labute approximate surface area is 105 Å². The van der Waals surface area contributed by atoms with Crippen molar-refractivity contribution in [1.82, 2.24) is 15.2 Å². The smallest absolute Gasteiger partial charge is 0.129 e. The molecule has 4 nitrogen and oxygen atoms in total. The number of nitrogens with two attached hydrogens (primary N) is 1. The largest absolute Gasteiger partial charge is 0.326 e. The minimum atomic E-state index is 0.461. The summed E-state index contributed by atoms with van der Waals surface area (Å²) in [5.74, 6) is 0. The highest BCUT2D eigenvalue weighted by Gasteiger charge is 2.06. The fraction of sp³-hybridized carbons (Fsp3) is 0.250. The van der Waals surface area contributed by atoms with Crippen LogP contribution in [0, 0.1) is 13.8 Å². The average molecular weight is 246 g/mol. The van der Waals surface area contributed by atoms with E-state index in [4.69, 9.17) is 5.73 Å². The molecule has 0 amide bonds. The lowest BCUT2D eigenvalue weighted by molar-refractivity contribution is 0.864. The Kier molecular flexibility index (Phi) is 3.71. The van der Waals surface area contributed by atoms with E-state index in [1.807, 2.05) is 25.1 Å². The van der Waals surface area contributed by atoms with Gasteiger partial charge in [0, 0.05) is 24.0 Å². The van der Waals surface area contributed by atoms with Gasteiger partial charge in [0.25, 0.3) is 0 Å². The molecule has 0 atom stereocenters. The summed E-state index contributed by atoms with van der Waals surface area (Å²) in [5, 5.41) is 9.73. The Morgan fingerprint density at radius 1 is 1.29 bits per heavy atom. The Bertz CT molecular complexity index is 507. The molecule has 2 rings (SSSR count). The molecule has 0 aliphatic carbocycles. The van der Waals surface area contributed by atoms with Crippen molar-refractivity contribution in [2.75, 3.05) is 0 Å². The third-order valence-corrected chi connectivity index (χ3v) is 3.22. The summed E-state index contributed by atoms with van der Waals surface area (Å²) in [6, 6.07) is 5.97. The van der Waals surface area contributed by atoms with Gasteiger partial charge in [0.05, 0.1) is 0 Å². The van der Waals surface area contributed by atoms with Crippen molar-refractivity contribution in [2.24, 2.45) is 5.73 Å². The second kappa shape index (κ2) is 5.25. The fourth-order valence-electron chi connectivity index (χ4n) is 1.54. The first-order valence-corrected chi connectivity index (χ1v) is 6.14. The SMILES string of the molecule is Cc1cc(C)nc(Sc2nnccc2CN)c1. The van der Waals surface area contributed by atoms with E-state index in [0.717, 1.165) is 21.3 Å². The van der Waals surface area contributed by atoms with Gasteiger partial charge in [0.15, 0.2) is 0 Å². The van der Waals surface area contributed by atoms with Crippen molar-refractivity contribution in [3.63, 3.8) is 0 Å². The predicted octanol–water partition coefficient (Wildman–Crippen LogP) is 2.10. The van der Waals surface area contributed by atoms with E-state index in [1.165, 1.54) is 17.3 Å². The molecule has 0 aliphatic heterocycles. The quantitative estimate of drug-likeness (QED) is 0.898. The van der Waals surface area contributed by atoms with Gasteiger partial charge < -0.3 is 5.73 Å². The van der Waals surface area contributed by atoms with Crippen LogP contribution in [0.2, 0.25) is 0 Å². The number of hydrogen-bond acceptors (Lipinski definition) is 5. The van der Waals surface area contributed by atoms with Crippen molar-refractivity contribution in [3.05, 3.63) is 41.2 Å². The van der Waals surface area contributed by atoms with E-state index < -0.39 is 0 Å². The summed E-state index contributed by atoms with van der Waals surface area (Å²) in [6.45, 7) is 4.50. The Hall–Kier alpha value is -1.46. The van der Waals surface area contributed by atoms with Gasteiger partial charge >= 0.3 is 0 Å². The van der Waals surface area contributed by atoms with Crippen LogP contribution in [-0.4, -0.2) is 15.2 Å². The molecule has 0 spiro atoms. The molecule has 0 fully saturated rings. The highest BCUT2D eigenvalue weighted by atomic mass is 32.2. The molecular weight excluding hydrogens is 232 g/mol.